The van der Waals surface area contributed by atoms with Gasteiger partial charge in [0.2, 0.25) is 0 Å². The molecule has 138 valence electrons. The molecule has 0 unspecified atom stereocenters. The molecule has 0 radical (unpaired) electrons. The maximum atomic E-state index is 12.9. The molecule has 1 amide bonds. The lowest BCUT2D eigenvalue weighted by Crippen LogP contribution is -2.14. The number of anilines is 2. The topological polar surface area (TPSA) is 63.2 Å². The number of carbonyl (C=O) groups is 1. The molecular weight excluding hydrogens is 345 g/mol. The number of methoxy groups -OCH3 is 1. The van der Waals surface area contributed by atoms with Gasteiger partial charge < -0.3 is 15.4 Å². The van der Waals surface area contributed by atoms with Crippen LogP contribution >= 0.6 is 0 Å². The molecule has 0 spiro atoms. The Labute approximate surface area is 157 Å². The molecule has 6 heteroatoms. The Morgan fingerprint density at radius 1 is 1.00 bits per heavy atom. The highest BCUT2D eigenvalue weighted by molar-refractivity contribution is 6.02. The Hall–Kier alpha value is -3.41. The van der Waals surface area contributed by atoms with Crippen molar-refractivity contribution in [2.24, 2.45) is 0 Å². The summed E-state index contributed by atoms with van der Waals surface area (Å²) in [4.78, 5) is 16.3. The molecule has 0 saturated heterocycles. The first-order chi connectivity index (χ1) is 13.1. The average Bonchev–Trinajstić information content (AvgIpc) is 2.71. The maximum absolute atomic E-state index is 12.9. The van der Waals surface area contributed by atoms with Gasteiger partial charge in [0.05, 0.1) is 19.0 Å². The quantitative estimate of drug-likeness (QED) is 0.661. The zero-order valence-electron chi connectivity index (χ0n) is 14.9. The number of amides is 1. The van der Waals surface area contributed by atoms with E-state index < -0.39 is 0 Å². The number of nitrogens with zero attached hydrogens (tertiary/aromatic N) is 1. The van der Waals surface area contributed by atoms with E-state index in [0.717, 1.165) is 24.4 Å². The van der Waals surface area contributed by atoms with Gasteiger partial charge in [0.1, 0.15) is 17.3 Å². The van der Waals surface area contributed by atoms with Crippen molar-refractivity contribution in [3.63, 3.8) is 0 Å². The van der Waals surface area contributed by atoms with E-state index in [1.807, 2.05) is 24.3 Å². The predicted octanol–water partition coefficient (Wildman–Crippen LogP) is 4.14. The summed E-state index contributed by atoms with van der Waals surface area (Å²) in [7, 11) is 1.65. The maximum Gasteiger partial charge on any atom is 0.274 e. The van der Waals surface area contributed by atoms with Gasteiger partial charge >= 0.3 is 0 Å². The fourth-order valence-corrected chi connectivity index (χ4v) is 2.50. The van der Waals surface area contributed by atoms with Crippen LogP contribution in [0.5, 0.6) is 5.75 Å². The number of benzene rings is 2. The number of hydrogen-bond donors (Lipinski definition) is 2. The van der Waals surface area contributed by atoms with Gasteiger partial charge in [0.15, 0.2) is 0 Å². The van der Waals surface area contributed by atoms with Crippen LogP contribution in [0.3, 0.4) is 0 Å². The molecule has 27 heavy (non-hydrogen) atoms. The van der Waals surface area contributed by atoms with Crippen molar-refractivity contribution in [2.45, 2.75) is 6.42 Å². The summed E-state index contributed by atoms with van der Waals surface area (Å²) in [5.74, 6) is 0.146. The summed E-state index contributed by atoms with van der Waals surface area (Å²) in [6.07, 6.45) is 2.48. The molecule has 2 aromatic carbocycles. The number of nitrogens with one attached hydrogen (secondary N) is 2. The fourth-order valence-electron chi connectivity index (χ4n) is 2.50. The second-order valence-electron chi connectivity index (χ2n) is 5.92. The zero-order valence-corrected chi connectivity index (χ0v) is 14.9. The zero-order chi connectivity index (χ0) is 19.1. The third-order valence-electron chi connectivity index (χ3n) is 4.00. The highest BCUT2D eigenvalue weighted by atomic mass is 19.1. The molecule has 0 atom stereocenters. The van der Waals surface area contributed by atoms with Crippen LogP contribution in [0.4, 0.5) is 15.8 Å². The van der Waals surface area contributed by atoms with E-state index in [9.17, 15) is 9.18 Å². The Kier molecular flexibility index (Phi) is 5.99. The van der Waals surface area contributed by atoms with Gasteiger partial charge in [-0.15, -0.1) is 0 Å². The van der Waals surface area contributed by atoms with Crippen LogP contribution in [-0.4, -0.2) is 24.5 Å². The number of aromatic nitrogens is 1. The Morgan fingerprint density at radius 3 is 2.33 bits per heavy atom. The molecule has 0 saturated carbocycles. The van der Waals surface area contributed by atoms with Crippen molar-refractivity contribution in [2.75, 3.05) is 24.3 Å². The molecule has 2 N–H and O–H groups in total. The lowest BCUT2D eigenvalue weighted by molar-refractivity contribution is 0.102. The van der Waals surface area contributed by atoms with Crippen LogP contribution < -0.4 is 15.4 Å². The van der Waals surface area contributed by atoms with E-state index in [1.165, 1.54) is 29.8 Å². The van der Waals surface area contributed by atoms with E-state index in [1.54, 1.807) is 25.4 Å². The number of rotatable bonds is 7. The minimum Gasteiger partial charge on any atom is -0.497 e. The molecule has 1 heterocycles. The van der Waals surface area contributed by atoms with Gasteiger partial charge in [-0.1, -0.05) is 12.1 Å². The Balaban J connectivity index is 1.50. The van der Waals surface area contributed by atoms with Gasteiger partial charge in [0.25, 0.3) is 5.91 Å². The van der Waals surface area contributed by atoms with Crippen LogP contribution in [0.25, 0.3) is 0 Å². The molecule has 0 aliphatic heterocycles. The largest absolute Gasteiger partial charge is 0.497 e. The van der Waals surface area contributed by atoms with E-state index in [0.29, 0.717) is 11.4 Å². The van der Waals surface area contributed by atoms with Gasteiger partial charge in [0, 0.05) is 12.2 Å². The molecule has 0 aliphatic carbocycles. The van der Waals surface area contributed by atoms with Gasteiger partial charge in [-0.3, -0.25) is 4.79 Å². The van der Waals surface area contributed by atoms with Crippen LogP contribution in [0.15, 0.2) is 66.9 Å². The monoisotopic (exact) mass is 365 g/mol. The van der Waals surface area contributed by atoms with Crippen LogP contribution in [0, 0.1) is 5.82 Å². The van der Waals surface area contributed by atoms with Crippen molar-refractivity contribution in [1.82, 2.24) is 4.98 Å². The molecule has 1 aromatic heterocycles. The lowest BCUT2D eigenvalue weighted by Gasteiger charge is -2.08. The summed E-state index contributed by atoms with van der Waals surface area (Å²) < 4.78 is 18.0. The van der Waals surface area contributed by atoms with Crippen LogP contribution in [0.1, 0.15) is 16.1 Å². The molecule has 0 fully saturated rings. The summed E-state index contributed by atoms with van der Waals surface area (Å²) in [5.41, 5.74) is 2.85. The highest BCUT2D eigenvalue weighted by Gasteiger charge is 2.07. The lowest BCUT2D eigenvalue weighted by atomic mass is 10.1. The summed E-state index contributed by atoms with van der Waals surface area (Å²) >= 11 is 0. The number of halogens is 1. The first kappa shape index (κ1) is 18.4. The third kappa shape index (κ3) is 5.28. The van der Waals surface area contributed by atoms with Crippen LogP contribution in [-0.2, 0) is 6.42 Å². The minimum absolute atomic E-state index is 0.292. The van der Waals surface area contributed by atoms with Gasteiger partial charge in [-0.25, -0.2) is 9.37 Å². The van der Waals surface area contributed by atoms with E-state index >= 15 is 0 Å². The van der Waals surface area contributed by atoms with Crippen molar-refractivity contribution >= 4 is 17.3 Å². The number of hydrogen-bond acceptors (Lipinski definition) is 4. The molecular formula is C21H20FN3O2. The number of carbonyl (C=O) groups excluding carboxylic acids is 1. The summed E-state index contributed by atoms with van der Waals surface area (Å²) in [6, 6.07) is 17.0. The standard InChI is InChI=1S/C21H20FN3O2/c1-27-19-9-2-15(3-10-19)12-13-23-18-8-11-20(24-14-18)21(26)25-17-6-4-16(22)5-7-17/h2-11,14,23H,12-13H2,1H3,(H,25,26). The average molecular weight is 365 g/mol. The predicted molar refractivity (Wildman–Crippen MR) is 104 cm³/mol. The van der Waals surface area contributed by atoms with Crippen LogP contribution in [0.2, 0.25) is 0 Å². The molecule has 3 rings (SSSR count). The normalized spacial score (nSPS) is 10.3. The number of ether oxygens (including phenoxy) is 1. The summed E-state index contributed by atoms with van der Waals surface area (Å²) in [6.45, 7) is 0.745. The number of pyridine rings is 1. The van der Waals surface area contributed by atoms with Gasteiger partial charge in [-0.05, 0) is 60.5 Å². The molecule has 0 aliphatic rings. The Morgan fingerprint density at radius 2 is 1.70 bits per heavy atom. The second-order valence-corrected chi connectivity index (χ2v) is 5.92. The fraction of sp³-hybridized carbons (Fsp3) is 0.143. The SMILES string of the molecule is COc1ccc(CCNc2ccc(C(=O)Nc3ccc(F)cc3)nc2)cc1. The third-order valence-corrected chi connectivity index (χ3v) is 4.00. The van der Waals surface area contributed by atoms with E-state index in [4.69, 9.17) is 4.74 Å². The van der Waals surface area contributed by atoms with E-state index in [2.05, 4.69) is 15.6 Å². The molecule has 0 bridgehead atoms. The second kappa shape index (κ2) is 8.80. The van der Waals surface area contributed by atoms with E-state index in [-0.39, 0.29) is 11.7 Å². The first-order valence-corrected chi connectivity index (χ1v) is 8.54. The summed E-state index contributed by atoms with van der Waals surface area (Å²) in [5, 5.41) is 5.96. The Bertz CT molecular complexity index is 879. The van der Waals surface area contributed by atoms with Crippen molar-refractivity contribution in [3.05, 3.63) is 83.9 Å². The molecule has 5 nitrogen and oxygen atoms in total. The molecule has 3 aromatic rings. The smallest absolute Gasteiger partial charge is 0.274 e. The minimum atomic E-state index is -0.351. The first-order valence-electron chi connectivity index (χ1n) is 8.54. The van der Waals surface area contributed by atoms with Gasteiger partial charge in [-0.2, -0.15) is 0 Å². The van der Waals surface area contributed by atoms with Crippen molar-refractivity contribution < 1.29 is 13.9 Å². The van der Waals surface area contributed by atoms with Crippen molar-refractivity contribution in [1.29, 1.82) is 0 Å². The van der Waals surface area contributed by atoms with Crippen molar-refractivity contribution in [3.8, 4) is 5.75 Å². The highest BCUT2D eigenvalue weighted by Crippen LogP contribution is 2.13.